The average Bonchev–Trinajstić information content (AvgIpc) is 2.42. The Morgan fingerprint density at radius 3 is 2.26 bits per heavy atom. The van der Waals surface area contributed by atoms with Crippen LogP contribution >= 0.6 is 23.2 Å². The van der Waals surface area contributed by atoms with Crippen molar-refractivity contribution in [1.82, 2.24) is 0 Å². The van der Waals surface area contributed by atoms with Crippen molar-refractivity contribution in [2.45, 2.75) is 9.79 Å². The number of hydrogen-bond acceptors (Lipinski definition) is 4. The monoisotopic (exact) mass is 397 g/mol. The van der Waals surface area contributed by atoms with E-state index in [1.165, 1.54) is 24.3 Å². The van der Waals surface area contributed by atoms with E-state index < -0.39 is 30.6 Å². The summed E-state index contributed by atoms with van der Waals surface area (Å²) in [6, 6.07) is 7.01. The first-order chi connectivity index (χ1) is 10.5. The summed E-state index contributed by atoms with van der Waals surface area (Å²) in [5.41, 5.74) is -0.377. The van der Waals surface area contributed by atoms with Gasteiger partial charge in [-0.15, -0.1) is 0 Å². The van der Waals surface area contributed by atoms with Gasteiger partial charge in [-0.2, -0.15) is 0 Å². The van der Waals surface area contributed by atoms with Crippen molar-refractivity contribution in [3.8, 4) is 0 Å². The highest BCUT2D eigenvalue weighted by Crippen LogP contribution is 2.29. The maximum absolute atomic E-state index is 13.8. The van der Waals surface area contributed by atoms with E-state index >= 15 is 0 Å². The predicted octanol–water partition coefficient (Wildman–Crippen LogP) is 3.34. The van der Waals surface area contributed by atoms with Gasteiger partial charge >= 0.3 is 0 Å². The fourth-order valence-corrected chi connectivity index (χ4v) is 4.19. The molecule has 0 unspecified atom stereocenters. The number of rotatable bonds is 4. The fourth-order valence-electron chi connectivity index (χ4n) is 1.70. The molecule has 0 bridgehead atoms. The summed E-state index contributed by atoms with van der Waals surface area (Å²) in [6.07, 6.45) is 0.927. The highest BCUT2D eigenvalue weighted by molar-refractivity contribution is 7.93. The maximum Gasteiger partial charge on any atom is 0.263 e. The third-order valence-corrected chi connectivity index (χ3v) is 6.07. The van der Waals surface area contributed by atoms with Crippen molar-refractivity contribution in [3.63, 3.8) is 0 Å². The minimum Gasteiger partial charge on any atom is -0.277 e. The molecule has 23 heavy (non-hydrogen) atoms. The summed E-state index contributed by atoms with van der Waals surface area (Å²) < 4.78 is 63.6. The van der Waals surface area contributed by atoms with Gasteiger partial charge in [-0.3, -0.25) is 4.72 Å². The highest BCUT2D eigenvalue weighted by Gasteiger charge is 2.22. The van der Waals surface area contributed by atoms with Crippen molar-refractivity contribution in [3.05, 3.63) is 52.3 Å². The van der Waals surface area contributed by atoms with Crippen LogP contribution in [0.15, 0.2) is 46.2 Å². The number of hydrogen-bond donors (Lipinski definition) is 1. The summed E-state index contributed by atoms with van der Waals surface area (Å²) in [5.74, 6) is -0.951. The largest absolute Gasteiger partial charge is 0.277 e. The van der Waals surface area contributed by atoms with Gasteiger partial charge in [0, 0.05) is 6.26 Å². The van der Waals surface area contributed by atoms with Crippen molar-refractivity contribution in [2.24, 2.45) is 0 Å². The molecule has 0 aliphatic heterocycles. The number of sulfonamides is 1. The number of halogens is 3. The Morgan fingerprint density at radius 2 is 1.65 bits per heavy atom. The second-order valence-corrected chi connectivity index (χ2v) is 9.05. The lowest BCUT2D eigenvalue weighted by Gasteiger charge is -2.11. The first kappa shape index (κ1) is 18.0. The van der Waals surface area contributed by atoms with E-state index in [-0.39, 0.29) is 20.6 Å². The molecule has 5 nitrogen and oxygen atoms in total. The van der Waals surface area contributed by atoms with Crippen LogP contribution < -0.4 is 4.72 Å². The standard InChI is InChI=1S/C13H10Cl2FNO4S2/c1-22(18,19)8-5-6-9(14)12(7-8)23(20,21)17-11-4-2-3-10(15)13(11)16/h2-7,17H,1H3. The zero-order valence-electron chi connectivity index (χ0n) is 11.5. The van der Waals surface area contributed by atoms with E-state index in [9.17, 15) is 21.2 Å². The van der Waals surface area contributed by atoms with Crippen LogP contribution in [0.2, 0.25) is 10.0 Å². The van der Waals surface area contributed by atoms with Gasteiger partial charge in [-0.25, -0.2) is 21.2 Å². The van der Waals surface area contributed by atoms with E-state index in [4.69, 9.17) is 23.2 Å². The van der Waals surface area contributed by atoms with Gasteiger partial charge < -0.3 is 0 Å². The lowest BCUT2D eigenvalue weighted by atomic mass is 10.3. The second-order valence-electron chi connectivity index (χ2n) is 4.57. The molecule has 0 atom stereocenters. The first-order valence-electron chi connectivity index (χ1n) is 5.99. The van der Waals surface area contributed by atoms with Gasteiger partial charge in [0.2, 0.25) is 0 Å². The molecule has 0 heterocycles. The van der Waals surface area contributed by atoms with Gasteiger partial charge in [0.05, 0.1) is 20.6 Å². The normalized spacial score (nSPS) is 12.2. The Morgan fingerprint density at radius 1 is 1.00 bits per heavy atom. The molecule has 2 rings (SSSR count). The summed E-state index contributed by atoms with van der Waals surface area (Å²) in [6.45, 7) is 0. The molecule has 2 aromatic carbocycles. The molecule has 0 saturated heterocycles. The van der Waals surface area contributed by atoms with Gasteiger partial charge in [0.15, 0.2) is 15.7 Å². The third kappa shape index (κ3) is 3.95. The molecule has 124 valence electrons. The zero-order chi connectivity index (χ0) is 17.4. The van der Waals surface area contributed by atoms with Crippen molar-refractivity contribution < 1.29 is 21.2 Å². The molecule has 0 saturated carbocycles. The van der Waals surface area contributed by atoms with Crippen LogP contribution in [0.25, 0.3) is 0 Å². The van der Waals surface area contributed by atoms with Crippen molar-refractivity contribution in [1.29, 1.82) is 0 Å². The van der Waals surface area contributed by atoms with E-state index in [0.29, 0.717) is 0 Å². The molecular formula is C13H10Cl2FNO4S2. The SMILES string of the molecule is CS(=O)(=O)c1ccc(Cl)c(S(=O)(=O)Nc2cccc(Cl)c2F)c1. The zero-order valence-corrected chi connectivity index (χ0v) is 14.7. The average molecular weight is 398 g/mol. The Kier molecular flexibility index (Phi) is 4.91. The number of nitrogens with one attached hydrogen (secondary N) is 1. The quantitative estimate of drug-likeness (QED) is 0.857. The number of benzene rings is 2. The molecule has 0 fully saturated rings. The van der Waals surface area contributed by atoms with Crippen molar-refractivity contribution in [2.75, 3.05) is 11.0 Å². The van der Waals surface area contributed by atoms with Crippen LogP contribution in [-0.2, 0) is 19.9 Å². The summed E-state index contributed by atoms with van der Waals surface area (Å²) in [4.78, 5) is -0.713. The molecule has 1 N–H and O–H groups in total. The molecule has 10 heteroatoms. The van der Waals surface area contributed by atoms with Crippen molar-refractivity contribution >= 4 is 48.7 Å². The van der Waals surface area contributed by atoms with Gasteiger partial charge in [-0.05, 0) is 30.3 Å². The van der Waals surface area contributed by atoms with Crippen LogP contribution in [0.4, 0.5) is 10.1 Å². The second kappa shape index (κ2) is 6.27. The highest BCUT2D eigenvalue weighted by atomic mass is 35.5. The first-order valence-corrected chi connectivity index (χ1v) is 10.1. The van der Waals surface area contributed by atoms with Gasteiger partial charge in [0.25, 0.3) is 10.0 Å². The Hall–Kier alpha value is -1.35. The lowest BCUT2D eigenvalue weighted by Crippen LogP contribution is -2.15. The number of anilines is 1. The van der Waals surface area contributed by atoms with Crippen LogP contribution in [0.1, 0.15) is 0 Å². The predicted molar refractivity (Wildman–Crippen MR) is 86.8 cm³/mol. The van der Waals surface area contributed by atoms with E-state index in [1.807, 2.05) is 4.72 Å². The van der Waals surface area contributed by atoms with Gasteiger partial charge in [0.1, 0.15) is 4.90 Å². The van der Waals surface area contributed by atoms with Gasteiger partial charge in [-0.1, -0.05) is 29.3 Å². The van der Waals surface area contributed by atoms with E-state index in [2.05, 4.69) is 0 Å². The molecular weight excluding hydrogens is 388 g/mol. The topological polar surface area (TPSA) is 80.3 Å². The van der Waals surface area contributed by atoms with Crippen LogP contribution in [-0.4, -0.2) is 23.1 Å². The molecule has 0 aromatic heterocycles. The minimum atomic E-state index is -4.31. The molecule has 0 radical (unpaired) electrons. The van der Waals surface area contributed by atoms with E-state index in [1.54, 1.807) is 0 Å². The molecule has 0 amide bonds. The summed E-state index contributed by atoms with van der Waals surface area (Å²) in [7, 11) is -7.95. The molecule has 0 spiro atoms. The Bertz CT molecular complexity index is 975. The van der Waals surface area contributed by atoms with Crippen LogP contribution in [0, 0.1) is 5.82 Å². The fraction of sp³-hybridized carbons (Fsp3) is 0.0769. The van der Waals surface area contributed by atoms with Crippen LogP contribution in [0.3, 0.4) is 0 Å². The summed E-state index contributed by atoms with van der Waals surface area (Å²) >= 11 is 11.4. The van der Waals surface area contributed by atoms with E-state index in [0.717, 1.165) is 18.4 Å². The minimum absolute atomic E-state index is 0.202. The van der Waals surface area contributed by atoms with Crippen LogP contribution in [0.5, 0.6) is 0 Å². The number of sulfone groups is 1. The third-order valence-electron chi connectivity index (χ3n) is 2.82. The molecule has 0 aliphatic carbocycles. The summed E-state index contributed by atoms with van der Waals surface area (Å²) in [5, 5.41) is -0.464. The Balaban J connectivity index is 2.54. The smallest absolute Gasteiger partial charge is 0.263 e. The molecule has 2 aromatic rings. The molecule has 0 aliphatic rings. The maximum atomic E-state index is 13.8. The lowest BCUT2D eigenvalue weighted by molar-refractivity contribution is 0.597. The Labute approximate surface area is 143 Å².